The van der Waals surface area contributed by atoms with Crippen LogP contribution in [0.2, 0.25) is 0 Å². The molecule has 3 unspecified atom stereocenters. The van der Waals surface area contributed by atoms with E-state index in [0.29, 0.717) is 17.4 Å². The van der Waals surface area contributed by atoms with Crippen LogP contribution in [0, 0.1) is 11.8 Å². The summed E-state index contributed by atoms with van der Waals surface area (Å²) in [5, 5.41) is 0. The summed E-state index contributed by atoms with van der Waals surface area (Å²) in [6, 6.07) is 19.7. The molecule has 2 heteroatoms. The Morgan fingerprint density at radius 3 is 2.09 bits per heavy atom. The van der Waals surface area contributed by atoms with Crippen molar-refractivity contribution in [1.29, 1.82) is 0 Å². The first kappa shape index (κ1) is 17.3. The molecule has 2 aromatic rings. The Morgan fingerprint density at radius 1 is 0.957 bits per heavy atom. The van der Waals surface area contributed by atoms with Crippen molar-refractivity contribution in [2.45, 2.75) is 39.7 Å². The zero-order valence-corrected chi connectivity index (χ0v) is 14.2. The molecule has 2 aromatic carbocycles. The van der Waals surface area contributed by atoms with Gasteiger partial charge in [0.15, 0.2) is 0 Å². The smallest absolute Gasteiger partial charge is 0.338 e. The van der Waals surface area contributed by atoms with Gasteiger partial charge in [-0.25, -0.2) is 4.79 Å². The fourth-order valence-corrected chi connectivity index (χ4v) is 3.23. The quantitative estimate of drug-likeness (QED) is 0.662. The summed E-state index contributed by atoms with van der Waals surface area (Å²) in [5.41, 5.74) is 1.95. The minimum Gasteiger partial charge on any atom is -0.459 e. The van der Waals surface area contributed by atoms with Crippen LogP contribution < -0.4 is 0 Å². The van der Waals surface area contributed by atoms with Crippen molar-refractivity contribution in [3.8, 4) is 0 Å². The van der Waals surface area contributed by atoms with Gasteiger partial charge < -0.3 is 4.74 Å². The predicted molar refractivity (Wildman–Crippen MR) is 94.4 cm³/mol. The van der Waals surface area contributed by atoms with E-state index in [1.807, 2.05) is 31.2 Å². The highest BCUT2D eigenvalue weighted by Gasteiger charge is 2.25. The van der Waals surface area contributed by atoms with Crippen LogP contribution >= 0.6 is 0 Å². The maximum absolute atomic E-state index is 12.2. The van der Waals surface area contributed by atoms with E-state index in [1.54, 1.807) is 12.1 Å². The van der Waals surface area contributed by atoms with E-state index in [4.69, 9.17) is 4.74 Å². The molecule has 0 radical (unpaired) electrons. The number of rotatable bonds is 7. The predicted octanol–water partition coefficient (Wildman–Crippen LogP) is 5.14. The highest BCUT2D eigenvalue weighted by atomic mass is 16.5. The van der Waals surface area contributed by atoms with Crippen LogP contribution in [0.25, 0.3) is 0 Å². The zero-order chi connectivity index (χ0) is 16.7. The maximum atomic E-state index is 12.2. The molecule has 0 heterocycles. The molecule has 0 amide bonds. The number of carbonyl (C=O) groups excluding carboxylic acids is 1. The normalized spacial score (nSPS) is 14.7. The Bertz CT molecular complexity index is 592. The summed E-state index contributed by atoms with van der Waals surface area (Å²) >= 11 is 0. The fraction of sp³-hybridized carbons (Fsp3) is 0.381. The van der Waals surface area contributed by atoms with E-state index in [2.05, 4.69) is 38.1 Å². The number of ether oxygens (including phenoxy) is 1. The number of benzene rings is 2. The molecule has 2 nitrogen and oxygen atoms in total. The summed E-state index contributed by atoms with van der Waals surface area (Å²) < 4.78 is 5.71. The SMILES string of the molecule is CCC(C(C)Cc1ccccc1)C(C)OC(=O)c1ccccc1. The van der Waals surface area contributed by atoms with Crippen molar-refractivity contribution in [2.75, 3.05) is 0 Å². The average molecular weight is 310 g/mol. The third kappa shape index (κ3) is 4.95. The van der Waals surface area contributed by atoms with E-state index < -0.39 is 0 Å². The van der Waals surface area contributed by atoms with Crippen molar-refractivity contribution in [3.05, 3.63) is 71.8 Å². The number of hydrogen-bond donors (Lipinski definition) is 0. The molecule has 0 saturated heterocycles. The number of hydrogen-bond acceptors (Lipinski definition) is 2. The van der Waals surface area contributed by atoms with Gasteiger partial charge in [-0.1, -0.05) is 62.4 Å². The molecule has 2 rings (SSSR count). The van der Waals surface area contributed by atoms with Crippen LogP contribution in [0.4, 0.5) is 0 Å². The standard InChI is InChI=1S/C21H26O2/c1-4-20(16(2)15-18-11-7-5-8-12-18)17(3)23-21(22)19-13-9-6-10-14-19/h5-14,16-17,20H,4,15H2,1-3H3. The van der Waals surface area contributed by atoms with Crippen LogP contribution in [0.5, 0.6) is 0 Å². The van der Waals surface area contributed by atoms with Crippen molar-refractivity contribution in [3.63, 3.8) is 0 Å². The van der Waals surface area contributed by atoms with E-state index in [-0.39, 0.29) is 12.1 Å². The van der Waals surface area contributed by atoms with Gasteiger partial charge >= 0.3 is 5.97 Å². The van der Waals surface area contributed by atoms with Gasteiger partial charge in [-0.3, -0.25) is 0 Å². The summed E-state index contributed by atoms with van der Waals surface area (Å²) in [5.74, 6) is 0.576. The Labute approximate surface area is 139 Å². The molecule has 23 heavy (non-hydrogen) atoms. The van der Waals surface area contributed by atoms with Crippen molar-refractivity contribution >= 4 is 5.97 Å². The topological polar surface area (TPSA) is 26.3 Å². The first-order valence-electron chi connectivity index (χ1n) is 8.41. The van der Waals surface area contributed by atoms with Gasteiger partial charge in [0.25, 0.3) is 0 Å². The average Bonchev–Trinajstić information content (AvgIpc) is 2.57. The van der Waals surface area contributed by atoms with Gasteiger partial charge in [0.2, 0.25) is 0 Å². The molecule has 122 valence electrons. The highest BCUT2D eigenvalue weighted by molar-refractivity contribution is 5.89. The molecular weight excluding hydrogens is 284 g/mol. The lowest BCUT2D eigenvalue weighted by molar-refractivity contribution is 0.0106. The molecule has 0 aliphatic heterocycles. The van der Waals surface area contributed by atoms with Crippen molar-refractivity contribution in [1.82, 2.24) is 0 Å². The Hall–Kier alpha value is -2.09. The van der Waals surface area contributed by atoms with Crippen molar-refractivity contribution in [2.24, 2.45) is 11.8 Å². The molecule has 0 aliphatic rings. The van der Waals surface area contributed by atoms with E-state index in [9.17, 15) is 4.79 Å². The van der Waals surface area contributed by atoms with Crippen LogP contribution in [-0.2, 0) is 11.2 Å². The lowest BCUT2D eigenvalue weighted by Gasteiger charge is -2.28. The Morgan fingerprint density at radius 2 is 1.52 bits per heavy atom. The van der Waals surface area contributed by atoms with Gasteiger partial charge in [0.05, 0.1) is 5.56 Å². The largest absolute Gasteiger partial charge is 0.459 e. The Kier molecular flexibility index (Phi) is 6.40. The molecule has 0 bridgehead atoms. The monoisotopic (exact) mass is 310 g/mol. The molecule has 0 fully saturated rings. The van der Waals surface area contributed by atoms with Crippen LogP contribution in [-0.4, -0.2) is 12.1 Å². The minimum absolute atomic E-state index is 0.0913. The van der Waals surface area contributed by atoms with Gasteiger partial charge in [-0.15, -0.1) is 0 Å². The van der Waals surface area contributed by atoms with Gasteiger partial charge in [-0.2, -0.15) is 0 Å². The number of esters is 1. The molecule has 0 saturated carbocycles. The second kappa shape index (κ2) is 8.52. The molecule has 0 aromatic heterocycles. The molecule has 0 N–H and O–H groups in total. The Balaban J connectivity index is 1.97. The zero-order valence-electron chi connectivity index (χ0n) is 14.2. The first-order valence-corrected chi connectivity index (χ1v) is 8.41. The van der Waals surface area contributed by atoms with Crippen LogP contribution in [0.1, 0.15) is 43.1 Å². The van der Waals surface area contributed by atoms with Gasteiger partial charge in [0, 0.05) is 0 Å². The van der Waals surface area contributed by atoms with E-state index in [0.717, 1.165) is 12.8 Å². The van der Waals surface area contributed by atoms with E-state index >= 15 is 0 Å². The summed E-state index contributed by atoms with van der Waals surface area (Å²) in [7, 11) is 0. The van der Waals surface area contributed by atoms with Crippen LogP contribution in [0.15, 0.2) is 60.7 Å². The van der Waals surface area contributed by atoms with Gasteiger partial charge in [0.1, 0.15) is 6.10 Å². The third-order valence-electron chi connectivity index (χ3n) is 4.51. The second-order valence-electron chi connectivity index (χ2n) is 6.22. The van der Waals surface area contributed by atoms with Gasteiger partial charge in [-0.05, 0) is 49.3 Å². The summed E-state index contributed by atoms with van der Waals surface area (Å²) in [6.45, 7) is 6.42. The minimum atomic E-state index is -0.233. The van der Waals surface area contributed by atoms with E-state index in [1.165, 1.54) is 5.56 Å². The molecular formula is C21H26O2. The third-order valence-corrected chi connectivity index (χ3v) is 4.51. The molecule has 0 aliphatic carbocycles. The molecule has 3 atom stereocenters. The second-order valence-corrected chi connectivity index (χ2v) is 6.22. The van der Waals surface area contributed by atoms with Crippen LogP contribution in [0.3, 0.4) is 0 Å². The lowest BCUT2D eigenvalue weighted by atomic mass is 9.83. The fourth-order valence-electron chi connectivity index (χ4n) is 3.23. The molecule has 0 spiro atoms. The summed E-state index contributed by atoms with van der Waals surface area (Å²) in [6.07, 6.45) is 1.91. The summed E-state index contributed by atoms with van der Waals surface area (Å²) in [4.78, 5) is 12.2. The number of carbonyl (C=O) groups is 1. The maximum Gasteiger partial charge on any atom is 0.338 e. The lowest BCUT2D eigenvalue weighted by Crippen LogP contribution is -2.29. The van der Waals surface area contributed by atoms with Crippen molar-refractivity contribution < 1.29 is 9.53 Å². The highest BCUT2D eigenvalue weighted by Crippen LogP contribution is 2.26. The first-order chi connectivity index (χ1) is 11.1.